The Labute approximate surface area is 207 Å². The third-order valence-corrected chi connectivity index (χ3v) is 5.91. The van der Waals surface area contributed by atoms with Crippen LogP contribution in [0.15, 0.2) is 48.7 Å². The Morgan fingerprint density at radius 2 is 2.14 bits per heavy atom. The Hall–Kier alpha value is -4.16. The van der Waals surface area contributed by atoms with E-state index in [4.69, 9.17) is 21.6 Å². The van der Waals surface area contributed by atoms with Gasteiger partial charge in [0.2, 0.25) is 11.9 Å². The lowest BCUT2D eigenvalue weighted by Gasteiger charge is -2.19. The average molecular weight is 491 g/mol. The minimum absolute atomic E-state index is 0.0528. The second-order valence-corrected chi connectivity index (χ2v) is 8.41. The van der Waals surface area contributed by atoms with Gasteiger partial charge in [0.1, 0.15) is 18.8 Å². The van der Waals surface area contributed by atoms with Crippen LogP contribution in [0.4, 0.5) is 5.95 Å². The number of carbonyl (C=O) groups excluding carboxylic acids is 2. The molecule has 2 N–H and O–H groups in total. The largest absolute Gasteiger partial charge is 0.497 e. The molecule has 4 rings (SSSR count). The van der Waals surface area contributed by atoms with Gasteiger partial charge in [0.15, 0.2) is 0 Å². The number of nitrogens with one attached hydrogen (secondary N) is 2. The van der Waals surface area contributed by atoms with Crippen molar-refractivity contribution in [1.82, 2.24) is 20.2 Å². The summed E-state index contributed by atoms with van der Waals surface area (Å²) in [5, 5.41) is 14.8. The molecule has 2 aromatic carbocycles. The Kier molecular flexibility index (Phi) is 7.13. The predicted octanol–water partition coefficient (Wildman–Crippen LogP) is 3.57. The van der Waals surface area contributed by atoms with Crippen molar-refractivity contribution in [1.29, 1.82) is 5.26 Å². The van der Waals surface area contributed by atoms with Crippen LogP contribution in [-0.4, -0.2) is 46.9 Å². The number of carbonyl (C=O) groups is 2. The minimum atomic E-state index is -0.256. The number of nitriles is 1. The molecule has 9 nitrogen and oxygen atoms in total. The van der Waals surface area contributed by atoms with Crippen LogP contribution in [0.3, 0.4) is 0 Å². The normalized spacial score (nSPS) is 13.1. The molecule has 3 aromatic rings. The molecule has 178 valence electrons. The van der Waals surface area contributed by atoms with Crippen LogP contribution in [-0.2, 0) is 11.3 Å². The monoisotopic (exact) mass is 490 g/mol. The SMILES string of the molecule is COc1cccc([C@@H](C)NC(=O)CN2Cc3ccc(-c4nc(NCC#N)ncc4Cl)cc3C2=O)c1. The topological polar surface area (TPSA) is 120 Å². The number of halogens is 1. The molecule has 0 unspecified atom stereocenters. The van der Waals surface area contributed by atoms with Gasteiger partial charge in [0, 0.05) is 17.7 Å². The van der Waals surface area contributed by atoms with Crippen molar-refractivity contribution in [2.75, 3.05) is 25.5 Å². The van der Waals surface area contributed by atoms with Gasteiger partial charge in [-0.25, -0.2) is 9.97 Å². The highest BCUT2D eigenvalue weighted by Gasteiger charge is 2.29. The van der Waals surface area contributed by atoms with Crippen LogP contribution in [0.1, 0.15) is 34.5 Å². The first kappa shape index (κ1) is 24.0. The Morgan fingerprint density at radius 1 is 1.31 bits per heavy atom. The second kappa shape index (κ2) is 10.4. The molecule has 2 amide bonds. The Morgan fingerprint density at radius 3 is 2.91 bits per heavy atom. The quantitative estimate of drug-likeness (QED) is 0.463. The van der Waals surface area contributed by atoms with E-state index in [0.29, 0.717) is 34.1 Å². The van der Waals surface area contributed by atoms with E-state index in [-0.39, 0.29) is 36.9 Å². The zero-order chi connectivity index (χ0) is 24.9. The van der Waals surface area contributed by atoms with E-state index in [2.05, 4.69) is 20.6 Å². The lowest BCUT2D eigenvalue weighted by Crippen LogP contribution is -2.38. The second-order valence-electron chi connectivity index (χ2n) is 8.00. The van der Waals surface area contributed by atoms with Crippen molar-refractivity contribution in [3.8, 4) is 23.1 Å². The van der Waals surface area contributed by atoms with Crippen molar-refractivity contribution < 1.29 is 14.3 Å². The fraction of sp³-hybridized carbons (Fsp3) is 0.240. The molecule has 0 saturated carbocycles. The molecule has 1 aliphatic heterocycles. The number of fused-ring (bicyclic) bond motifs is 1. The molecular weight excluding hydrogens is 468 g/mol. The number of aromatic nitrogens is 2. The smallest absolute Gasteiger partial charge is 0.254 e. The number of hydrogen-bond donors (Lipinski definition) is 2. The van der Waals surface area contributed by atoms with Gasteiger partial charge in [-0.15, -0.1) is 0 Å². The van der Waals surface area contributed by atoms with Crippen molar-refractivity contribution in [3.05, 3.63) is 70.4 Å². The summed E-state index contributed by atoms with van der Waals surface area (Å²) in [4.78, 5) is 35.7. The van der Waals surface area contributed by atoms with Gasteiger partial charge in [-0.3, -0.25) is 9.59 Å². The van der Waals surface area contributed by atoms with Crippen LogP contribution in [0.5, 0.6) is 5.75 Å². The summed E-state index contributed by atoms with van der Waals surface area (Å²) in [5.74, 6) is 0.482. The average Bonchev–Trinajstić information content (AvgIpc) is 3.17. The molecule has 35 heavy (non-hydrogen) atoms. The maximum Gasteiger partial charge on any atom is 0.254 e. The number of benzene rings is 2. The Bertz CT molecular complexity index is 1320. The highest BCUT2D eigenvalue weighted by atomic mass is 35.5. The molecule has 0 saturated heterocycles. The highest BCUT2D eigenvalue weighted by Crippen LogP contribution is 2.31. The van der Waals surface area contributed by atoms with Gasteiger partial charge in [-0.1, -0.05) is 35.9 Å². The molecule has 10 heteroatoms. The maximum atomic E-state index is 13.1. The molecule has 0 fully saturated rings. The number of nitrogens with zero attached hydrogens (tertiary/aromatic N) is 4. The van der Waals surface area contributed by atoms with Crippen LogP contribution in [0, 0.1) is 11.3 Å². The number of rotatable bonds is 8. The molecule has 1 aromatic heterocycles. The van der Waals surface area contributed by atoms with Crippen LogP contribution >= 0.6 is 11.6 Å². The molecule has 1 atom stereocenters. The van der Waals surface area contributed by atoms with E-state index >= 15 is 0 Å². The molecule has 0 bridgehead atoms. The summed E-state index contributed by atoms with van der Waals surface area (Å²) in [7, 11) is 1.59. The molecule has 0 spiro atoms. The summed E-state index contributed by atoms with van der Waals surface area (Å²) in [6, 6.07) is 14.6. The third kappa shape index (κ3) is 5.34. The summed E-state index contributed by atoms with van der Waals surface area (Å²) in [6.07, 6.45) is 1.44. The minimum Gasteiger partial charge on any atom is -0.497 e. The zero-order valence-electron chi connectivity index (χ0n) is 19.2. The lowest BCUT2D eigenvalue weighted by molar-refractivity contribution is -0.122. The van der Waals surface area contributed by atoms with Gasteiger partial charge >= 0.3 is 0 Å². The van der Waals surface area contributed by atoms with Crippen molar-refractivity contribution >= 4 is 29.4 Å². The van der Waals surface area contributed by atoms with E-state index in [0.717, 1.165) is 11.1 Å². The fourth-order valence-electron chi connectivity index (χ4n) is 3.86. The first-order chi connectivity index (χ1) is 16.9. The van der Waals surface area contributed by atoms with Crippen LogP contribution in [0.25, 0.3) is 11.3 Å². The summed E-state index contributed by atoms with van der Waals surface area (Å²) < 4.78 is 5.24. The number of ether oxygens (including phenoxy) is 1. The number of methoxy groups -OCH3 is 1. The number of anilines is 1. The van der Waals surface area contributed by atoms with Crippen LogP contribution in [0.2, 0.25) is 5.02 Å². The lowest BCUT2D eigenvalue weighted by atomic mass is 10.0. The van der Waals surface area contributed by atoms with E-state index in [1.165, 1.54) is 11.1 Å². The predicted molar refractivity (Wildman–Crippen MR) is 131 cm³/mol. The number of hydrogen-bond acceptors (Lipinski definition) is 7. The van der Waals surface area contributed by atoms with Crippen molar-refractivity contribution in [2.45, 2.75) is 19.5 Å². The molecule has 1 aliphatic rings. The van der Waals surface area contributed by atoms with Gasteiger partial charge < -0.3 is 20.3 Å². The highest BCUT2D eigenvalue weighted by molar-refractivity contribution is 6.33. The van der Waals surface area contributed by atoms with Gasteiger partial charge in [-0.05, 0) is 36.2 Å². The summed E-state index contributed by atoms with van der Waals surface area (Å²) in [5.41, 5.74) is 3.31. The first-order valence-electron chi connectivity index (χ1n) is 10.9. The van der Waals surface area contributed by atoms with Crippen LogP contribution < -0.4 is 15.4 Å². The van der Waals surface area contributed by atoms with E-state index in [9.17, 15) is 9.59 Å². The Balaban J connectivity index is 1.46. The van der Waals surface area contributed by atoms with Gasteiger partial charge in [0.25, 0.3) is 5.91 Å². The summed E-state index contributed by atoms with van der Waals surface area (Å²) in [6.45, 7) is 2.21. The summed E-state index contributed by atoms with van der Waals surface area (Å²) >= 11 is 6.29. The zero-order valence-corrected chi connectivity index (χ0v) is 20.0. The number of amides is 2. The third-order valence-electron chi connectivity index (χ3n) is 5.64. The maximum absolute atomic E-state index is 13.1. The van der Waals surface area contributed by atoms with Gasteiger partial charge in [-0.2, -0.15) is 5.26 Å². The van der Waals surface area contributed by atoms with Crippen molar-refractivity contribution in [2.24, 2.45) is 0 Å². The van der Waals surface area contributed by atoms with E-state index in [1.807, 2.05) is 49.4 Å². The molecule has 2 heterocycles. The first-order valence-corrected chi connectivity index (χ1v) is 11.3. The van der Waals surface area contributed by atoms with Gasteiger partial charge in [0.05, 0.1) is 36.1 Å². The molecule has 0 radical (unpaired) electrons. The molecule has 0 aliphatic carbocycles. The van der Waals surface area contributed by atoms with E-state index < -0.39 is 0 Å². The van der Waals surface area contributed by atoms with Crippen molar-refractivity contribution in [3.63, 3.8) is 0 Å². The fourth-order valence-corrected chi connectivity index (χ4v) is 4.06. The standard InChI is InChI=1S/C25H23ClN6O3/c1-15(16-4-3-5-19(10-16)35-2)30-22(33)14-32-13-18-7-6-17(11-20(18)24(32)34)23-21(26)12-29-25(31-23)28-9-8-27/h3-7,10-12,15H,9,13-14H2,1-2H3,(H,30,33)(H,28,29,31)/t15-/m1/s1. The van der Waals surface area contributed by atoms with E-state index in [1.54, 1.807) is 13.2 Å². The molecular formula is C25H23ClN6O3.